The monoisotopic (exact) mass is 422 g/mol. The Kier molecular flexibility index (Phi) is 4.65. The summed E-state index contributed by atoms with van der Waals surface area (Å²) < 4.78 is 61.4. The molecule has 0 bridgehead atoms. The second-order valence-corrected chi connectivity index (χ2v) is 7.19. The number of nitrogens with zero attached hydrogens (tertiary/aromatic N) is 2. The molecule has 0 radical (unpaired) electrons. The van der Waals surface area contributed by atoms with Gasteiger partial charge in [-0.05, 0) is 31.4 Å². The van der Waals surface area contributed by atoms with Crippen LogP contribution in [0.15, 0.2) is 50.5 Å². The fraction of sp³-hybridized carbons (Fsp3) is 0.200. The fourth-order valence-corrected chi connectivity index (χ4v) is 3.69. The zero-order valence-corrected chi connectivity index (χ0v) is 16.1. The molecule has 4 aromatic rings. The highest BCUT2D eigenvalue weighted by atomic mass is 32.2. The van der Waals surface area contributed by atoms with Crippen LogP contribution in [0.3, 0.4) is 0 Å². The summed E-state index contributed by atoms with van der Waals surface area (Å²) in [6.07, 6.45) is -2.86. The topological polar surface area (TPSA) is 48.0 Å². The fourth-order valence-electron chi connectivity index (χ4n) is 3.28. The SMILES string of the molecule is CCn1c(C(F)(F)F)nc2c(F)cc3c(=O)cc(-c4ccc(SC)cc4)oc3c21. The van der Waals surface area contributed by atoms with Gasteiger partial charge in [-0.25, -0.2) is 9.37 Å². The summed E-state index contributed by atoms with van der Waals surface area (Å²) in [4.78, 5) is 17.1. The third-order valence-electron chi connectivity index (χ3n) is 4.61. The second-order valence-electron chi connectivity index (χ2n) is 6.31. The lowest BCUT2D eigenvalue weighted by Crippen LogP contribution is -2.14. The van der Waals surface area contributed by atoms with Crippen LogP contribution in [0.4, 0.5) is 17.6 Å². The van der Waals surface area contributed by atoms with Crippen LogP contribution < -0.4 is 5.43 Å². The van der Waals surface area contributed by atoms with Crippen molar-refractivity contribution in [2.45, 2.75) is 24.5 Å². The number of hydrogen-bond acceptors (Lipinski definition) is 4. The normalized spacial score (nSPS) is 12.2. The molecule has 2 aromatic carbocycles. The summed E-state index contributed by atoms with van der Waals surface area (Å²) in [5.41, 5.74) is -0.756. The van der Waals surface area contributed by atoms with Crippen molar-refractivity contribution in [2.24, 2.45) is 0 Å². The molecule has 4 rings (SSSR count). The first kappa shape index (κ1) is 19.5. The van der Waals surface area contributed by atoms with E-state index in [1.807, 2.05) is 18.4 Å². The van der Waals surface area contributed by atoms with E-state index in [4.69, 9.17) is 4.42 Å². The van der Waals surface area contributed by atoms with Gasteiger partial charge in [0.05, 0.1) is 5.39 Å². The molecule has 9 heteroatoms. The minimum Gasteiger partial charge on any atom is -0.454 e. The third kappa shape index (κ3) is 3.19. The van der Waals surface area contributed by atoms with E-state index in [0.29, 0.717) is 5.56 Å². The first-order valence-corrected chi connectivity index (χ1v) is 9.85. The zero-order chi connectivity index (χ0) is 20.9. The van der Waals surface area contributed by atoms with E-state index in [1.165, 1.54) is 24.8 Å². The molecule has 29 heavy (non-hydrogen) atoms. The Bertz CT molecular complexity index is 1290. The molecule has 0 spiro atoms. The van der Waals surface area contributed by atoms with E-state index in [1.54, 1.807) is 12.1 Å². The smallest absolute Gasteiger partial charge is 0.449 e. The van der Waals surface area contributed by atoms with Crippen LogP contribution in [0.1, 0.15) is 12.7 Å². The number of hydrogen-bond donors (Lipinski definition) is 0. The first-order valence-electron chi connectivity index (χ1n) is 8.62. The van der Waals surface area contributed by atoms with Crippen LogP contribution in [-0.2, 0) is 12.7 Å². The predicted octanol–water partition coefficient (Wildman–Crippen LogP) is 5.71. The Hall–Kier alpha value is -2.81. The average molecular weight is 422 g/mol. The van der Waals surface area contributed by atoms with Gasteiger partial charge in [-0.15, -0.1) is 11.8 Å². The Morgan fingerprint density at radius 1 is 1.17 bits per heavy atom. The highest BCUT2D eigenvalue weighted by Gasteiger charge is 2.38. The molecule has 150 valence electrons. The van der Waals surface area contributed by atoms with Crippen molar-refractivity contribution in [3.63, 3.8) is 0 Å². The van der Waals surface area contributed by atoms with Gasteiger partial charge in [-0.3, -0.25) is 4.79 Å². The van der Waals surface area contributed by atoms with E-state index in [9.17, 15) is 22.4 Å². The maximum atomic E-state index is 14.5. The molecule has 2 heterocycles. The molecule has 0 aliphatic rings. The molecule has 2 aromatic heterocycles. The van der Waals surface area contributed by atoms with Gasteiger partial charge in [-0.2, -0.15) is 13.2 Å². The number of thioether (sulfide) groups is 1. The zero-order valence-electron chi connectivity index (χ0n) is 15.3. The van der Waals surface area contributed by atoms with Gasteiger partial charge < -0.3 is 8.98 Å². The second kappa shape index (κ2) is 6.91. The van der Waals surface area contributed by atoms with Gasteiger partial charge in [0, 0.05) is 23.1 Å². The summed E-state index contributed by atoms with van der Waals surface area (Å²) in [5, 5.41) is -0.136. The lowest BCUT2D eigenvalue weighted by atomic mass is 10.1. The summed E-state index contributed by atoms with van der Waals surface area (Å²) in [5.74, 6) is -2.06. The van der Waals surface area contributed by atoms with Crippen LogP contribution in [0.5, 0.6) is 0 Å². The quantitative estimate of drug-likeness (QED) is 0.313. The number of fused-ring (bicyclic) bond motifs is 3. The van der Waals surface area contributed by atoms with Crippen molar-refractivity contribution in [3.8, 4) is 11.3 Å². The average Bonchev–Trinajstić information content (AvgIpc) is 3.10. The Labute approximate surface area is 166 Å². The van der Waals surface area contributed by atoms with E-state index in [0.717, 1.165) is 15.5 Å². The van der Waals surface area contributed by atoms with Gasteiger partial charge in [0.1, 0.15) is 16.8 Å². The largest absolute Gasteiger partial charge is 0.454 e. The van der Waals surface area contributed by atoms with Gasteiger partial charge in [0.25, 0.3) is 0 Å². The number of aryl methyl sites for hydroxylation is 1. The van der Waals surface area contributed by atoms with Crippen molar-refractivity contribution in [3.05, 3.63) is 58.3 Å². The maximum absolute atomic E-state index is 14.5. The molecule has 0 fully saturated rings. The highest BCUT2D eigenvalue weighted by molar-refractivity contribution is 7.98. The van der Waals surface area contributed by atoms with Gasteiger partial charge >= 0.3 is 6.18 Å². The molecule has 0 N–H and O–H groups in total. The van der Waals surface area contributed by atoms with E-state index in [2.05, 4.69) is 4.98 Å². The molecule has 0 atom stereocenters. The summed E-state index contributed by atoms with van der Waals surface area (Å²) in [6.45, 7) is 1.36. The van der Waals surface area contributed by atoms with Crippen LogP contribution in [-0.4, -0.2) is 15.8 Å². The number of aromatic nitrogens is 2. The van der Waals surface area contributed by atoms with Crippen LogP contribution >= 0.6 is 11.8 Å². The van der Waals surface area contributed by atoms with E-state index < -0.39 is 28.8 Å². The lowest BCUT2D eigenvalue weighted by Gasteiger charge is -2.10. The minimum absolute atomic E-state index is 0.123. The number of halogens is 4. The van der Waals surface area contributed by atoms with Crippen LogP contribution in [0.2, 0.25) is 0 Å². The predicted molar refractivity (Wildman–Crippen MR) is 104 cm³/mol. The first-order chi connectivity index (χ1) is 13.7. The Morgan fingerprint density at radius 2 is 1.86 bits per heavy atom. The number of imidazole rings is 1. The summed E-state index contributed by atoms with van der Waals surface area (Å²) in [6, 6.07) is 9.24. The van der Waals surface area contributed by atoms with Crippen molar-refractivity contribution in [1.82, 2.24) is 9.55 Å². The lowest BCUT2D eigenvalue weighted by molar-refractivity contribution is -0.146. The number of rotatable bonds is 3. The standard InChI is InChI=1S/C20H14F4N2O2S/c1-3-26-17-16(25-19(26)20(22,23)24)13(21)8-12-14(27)9-15(28-18(12)17)10-4-6-11(29-2)7-5-10/h4-9H,3H2,1-2H3. The van der Waals surface area contributed by atoms with Crippen LogP contribution in [0, 0.1) is 5.82 Å². The van der Waals surface area contributed by atoms with Crippen molar-refractivity contribution in [2.75, 3.05) is 6.26 Å². The molecule has 4 nitrogen and oxygen atoms in total. The van der Waals surface area contributed by atoms with Crippen LogP contribution in [0.25, 0.3) is 33.3 Å². The Balaban J connectivity index is 2.09. The third-order valence-corrected chi connectivity index (χ3v) is 5.35. The van der Waals surface area contributed by atoms with Gasteiger partial charge in [-0.1, -0.05) is 12.1 Å². The molecular formula is C20H14F4N2O2S. The molecule has 0 saturated heterocycles. The molecule has 0 amide bonds. The molecular weight excluding hydrogens is 408 g/mol. The summed E-state index contributed by atoms with van der Waals surface area (Å²) >= 11 is 1.54. The maximum Gasteiger partial charge on any atom is 0.449 e. The minimum atomic E-state index is -4.78. The Morgan fingerprint density at radius 3 is 2.45 bits per heavy atom. The number of alkyl halides is 3. The van der Waals surface area contributed by atoms with E-state index >= 15 is 0 Å². The highest BCUT2D eigenvalue weighted by Crippen LogP contribution is 2.36. The van der Waals surface area contributed by atoms with Crippen molar-refractivity contribution in [1.29, 1.82) is 0 Å². The number of benzene rings is 2. The van der Waals surface area contributed by atoms with Gasteiger partial charge in [0.15, 0.2) is 16.8 Å². The summed E-state index contributed by atoms with van der Waals surface area (Å²) in [7, 11) is 0. The molecule has 0 aliphatic heterocycles. The molecule has 0 saturated carbocycles. The van der Waals surface area contributed by atoms with E-state index in [-0.39, 0.29) is 28.8 Å². The van der Waals surface area contributed by atoms with Gasteiger partial charge in [0.2, 0.25) is 5.82 Å². The van der Waals surface area contributed by atoms with Crippen molar-refractivity contribution >= 4 is 33.8 Å². The van der Waals surface area contributed by atoms with Crippen molar-refractivity contribution < 1.29 is 22.0 Å². The molecule has 0 unspecified atom stereocenters. The molecule has 0 aliphatic carbocycles.